The molecule has 0 fully saturated rings. The maximum atomic E-state index is 12.5. The van der Waals surface area contributed by atoms with Crippen molar-refractivity contribution >= 4 is 17.3 Å². The number of rotatable bonds is 3. The van der Waals surface area contributed by atoms with Crippen molar-refractivity contribution < 1.29 is 4.79 Å². The second-order valence-corrected chi connectivity index (χ2v) is 4.93. The molecule has 0 unspecified atom stereocenters. The minimum absolute atomic E-state index is 0.136. The molecule has 0 bridgehead atoms. The van der Waals surface area contributed by atoms with Gasteiger partial charge in [0.2, 0.25) is 0 Å². The first-order valence-corrected chi connectivity index (χ1v) is 6.59. The maximum absolute atomic E-state index is 12.5. The smallest absolute Gasteiger partial charge is 0.258 e. The lowest BCUT2D eigenvalue weighted by atomic mass is 10.1. The van der Waals surface area contributed by atoms with Crippen LogP contribution in [0.1, 0.15) is 15.9 Å². The molecule has 4 nitrogen and oxygen atoms in total. The zero-order valence-corrected chi connectivity index (χ0v) is 12.4. The van der Waals surface area contributed by atoms with E-state index in [-0.39, 0.29) is 5.91 Å². The molecule has 0 N–H and O–H groups in total. The quantitative estimate of drug-likeness (QED) is 0.868. The lowest BCUT2D eigenvalue weighted by Crippen LogP contribution is -2.27. The van der Waals surface area contributed by atoms with Crippen molar-refractivity contribution in [1.29, 1.82) is 5.26 Å². The Bertz CT molecular complexity index is 684. The zero-order chi connectivity index (χ0) is 15.4. The van der Waals surface area contributed by atoms with Gasteiger partial charge in [-0.1, -0.05) is 12.1 Å². The molecule has 21 heavy (non-hydrogen) atoms. The Morgan fingerprint density at radius 3 is 2.19 bits per heavy atom. The van der Waals surface area contributed by atoms with Crippen LogP contribution in [0, 0.1) is 11.3 Å². The average Bonchev–Trinajstić information content (AvgIpc) is 2.53. The van der Waals surface area contributed by atoms with Crippen LogP contribution in [0.4, 0.5) is 11.4 Å². The normalized spacial score (nSPS) is 9.81. The van der Waals surface area contributed by atoms with Crippen LogP contribution in [0.5, 0.6) is 0 Å². The van der Waals surface area contributed by atoms with Crippen LogP contribution in [-0.4, -0.2) is 27.1 Å². The van der Waals surface area contributed by atoms with Crippen LogP contribution in [0.15, 0.2) is 48.5 Å². The van der Waals surface area contributed by atoms with Gasteiger partial charge in [0.05, 0.1) is 11.3 Å². The van der Waals surface area contributed by atoms with Gasteiger partial charge < -0.3 is 9.80 Å². The summed E-state index contributed by atoms with van der Waals surface area (Å²) < 4.78 is 0. The fourth-order valence-corrected chi connectivity index (χ4v) is 2.07. The van der Waals surface area contributed by atoms with Crippen molar-refractivity contribution in [2.45, 2.75) is 0 Å². The fourth-order valence-electron chi connectivity index (χ4n) is 2.07. The first-order valence-electron chi connectivity index (χ1n) is 6.59. The van der Waals surface area contributed by atoms with Gasteiger partial charge in [-0.25, -0.2) is 0 Å². The molecule has 0 aliphatic heterocycles. The summed E-state index contributed by atoms with van der Waals surface area (Å²) in [6, 6.07) is 16.6. The van der Waals surface area contributed by atoms with E-state index in [0.29, 0.717) is 16.8 Å². The number of hydrogen-bond acceptors (Lipinski definition) is 3. The number of nitrogens with zero attached hydrogens (tertiary/aromatic N) is 3. The van der Waals surface area contributed by atoms with Crippen LogP contribution >= 0.6 is 0 Å². The monoisotopic (exact) mass is 279 g/mol. The number of amides is 1. The molecular formula is C17H17N3O. The van der Waals surface area contributed by atoms with E-state index in [4.69, 9.17) is 5.26 Å². The van der Waals surface area contributed by atoms with Crippen LogP contribution in [0.2, 0.25) is 0 Å². The summed E-state index contributed by atoms with van der Waals surface area (Å²) >= 11 is 0. The molecule has 0 saturated heterocycles. The highest BCUT2D eigenvalue weighted by Crippen LogP contribution is 2.21. The van der Waals surface area contributed by atoms with Crippen molar-refractivity contribution in [1.82, 2.24) is 0 Å². The predicted molar refractivity (Wildman–Crippen MR) is 84.7 cm³/mol. The van der Waals surface area contributed by atoms with Crippen LogP contribution < -0.4 is 9.80 Å². The molecule has 2 aromatic rings. The molecule has 106 valence electrons. The van der Waals surface area contributed by atoms with Crippen LogP contribution in [0.25, 0.3) is 0 Å². The Labute approximate surface area is 124 Å². The minimum atomic E-state index is -0.136. The summed E-state index contributed by atoms with van der Waals surface area (Å²) in [7, 11) is 5.58. The van der Waals surface area contributed by atoms with E-state index in [1.54, 1.807) is 37.4 Å². The Balaban J connectivity index is 2.29. The first-order chi connectivity index (χ1) is 10.0. The highest BCUT2D eigenvalue weighted by molar-refractivity contribution is 6.06. The lowest BCUT2D eigenvalue weighted by Gasteiger charge is -2.19. The molecule has 0 heterocycles. The molecule has 0 atom stereocenters. The van der Waals surface area contributed by atoms with Gasteiger partial charge in [-0.2, -0.15) is 5.26 Å². The number of para-hydroxylation sites is 1. The molecule has 0 saturated carbocycles. The number of hydrogen-bond donors (Lipinski definition) is 0. The van der Waals surface area contributed by atoms with Crippen molar-refractivity contribution in [2.75, 3.05) is 30.9 Å². The second kappa shape index (κ2) is 6.10. The van der Waals surface area contributed by atoms with Crippen LogP contribution in [-0.2, 0) is 0 Å². The molecule has 0 aliphatic carbocycles. The zero-order valence-electron chi connectivity index (χ0n) is 12.4. The molecule has 0 spiro atoms. The third-order valence-corrected chi connectivity index (χ3v) is 3.32. The summed E-state index contributed by atoms with van der Waals surface area (Å²) in [5.41, 5.74) is 2.72. The van der Waals surface area contributed by atoms with E-state index in [0.717, 1.165) is 5.69 Å². The van der Waals surface area contributed by atoms with Crippen molar-refractivity contribution in [3.05, 3.63) is 59.7 Å². The number of anilines is 2. The summed E-state index contributed by atoms with van der Waals surface area (Å²) in [6.45, 7) is 0. The van der Waals surface area contributed by atoms with E-state index in [1.165, 1.54) is 4.90 Å². The predicted octanol–water partition coefficient (Wildman–Crippen LogP) is 2.90. The van der Waals surface area contributed by atoms with Gasteiger partial charge in [0.1, 0.15) is 6.07 Å². The SMILES string of the molecule is CN(C)c1ccc(C(=O)N(C)c2ccccc2C#N)cc1. The number of carbonyl (C=O) groups is 1. The van der Waals surface area contributed by atoms with E-state index in [9.17, 15) is 4.79 Å². The molecule has 4 heteroatoms. The van der Waals surface area contributed by atoms with E-state index in [1.807, 2.05) is 37.2 Å². The van der Waals surface area contributed by atoms with E-state index in [2.05, 4.69) is 6.07 Å². The molecule has 2 aromatic carbocycles. The van der Waals surface area contributed by atoms with Gasteiger partial charge in [0, 0.05) is 32.4 Å². The second-order valence-electron chi connectivity index (χ2n) is 4.93. The third-order valence-electron chi connectivity index (χ3n) is 3.32. The summed E-state index contributed by atoms with van der Waals surface area (Å²) in [4.78, 5) is 16.0. The number of carbonyl (C=O) groups excluding carboxylic acids is 1. The van der Waals surface area contributed by atoms with Gasteiger partial charge >= 0.3 is 0 Å². The van der Waals surface area contributed by atoms with Gasteiger partial charge in [-0.15, -0.1) is 0 Å². The van der Waals surface area contributed by atoms with Gasteiger partial charge in [-0.3, -0.25) is 4.79 Å². The summed E-state index contributed by atoms with van der Waals surface area (Å²) in [5, 5.41) is 9.12. The average molecular weight is 279 g/mol. The Hall–Kier alpha value is -2.80. The van der Waals surface area contributed by atoms with Gasteiger partial charge in [-0.05, 0) is 36.4 Å². The van der Waals surface area contributed by atoms with Gasteiger partial charge in [0.25, 0.3) is 5.91 Å². The summed E-state index contributed by atoms with van der Waals surface area (Å²) in [5.74, 6) is -0.136. The molecule has 2 rings (SSSR count). The third kappa shape index (κ3) is 3.03. The largest absolute Gasteiger partial charge is 0.378 e. The Morgan fingerprint density at radius 1 is 1.00 bits per heavy atom. The maximum Gasteiger partial charge on any atom is 0.258 e. The molecule has 0 aromatic heterocycles. The Kier molecular flexibility index (Phi) is 4.24. The van der Waals surface area contributed by atoms with Crippen molar-refractivity contribution in [3.63, 3.8) is 0 Å². The minimum Gasteiger partial charge on any atom is -0.378 e. The first kappa shape index (κ1) is 14.6. The van der Waals surface area contributed by atoms with E-state index >= 15 is 0 Å². The van der Waals surface area contributed by atoms with Crippen molar-refractivity contribution in [3.8, 4) is 6.07 Å². The lowest BCUT2D eigenvalue weighted by molar-refractivity contribution is 0.0993. The van der Waals surface area contributed by atoms with E-state index < -0.39 is 0 Å². The molecule has 0 radical (unpaired) electrons. The fraction of sp³-hybridized carbons (Fsp3) is 0.176. The highest BCUT2D eigenvalue weighted by atomic mass is 16.2. The van der Waals surface area contributed by atoms with Crippen LogP contribution in [0.3, 0.4) is 0 Å². The van der Waals surface area contributed by atoms with Crippen molar-refractivity contribution in [2.24, 2.45) is 0 Å². The molecule has 1 amide bonds. The highest BCUT2D eigenvalue weighted by Gasteiger charge is 2.16. The standard InChI is InChI=1S/C17H17N3O/c1-19(2)15-10-8-13(9-11-15)17(21)20(3)16-7-5-4-6-14(16)12-18/h4-11H,1-3H3. The number of benzene rings is 2. The summed E-state index contributed by atoms with van der Waals surface area (Å²) in [6.07, 6.45) is 0. The molecular weight excluding hydrogens is 262 g/mol. The Morgan fingerprint density at radius 2 is 1.62 bits per heavy atom. The topological polar surface area (TPSA) is 47.3 Å². The molecule has 0 aliphatic rings. The van der Waals surface area contributed by atoms with Gasteiger partial charge in [0.15, 0.2) is 0 Å². The number of nitriles is 1.